The third-order valence-corrected chi connectivity index (χ3v) is 3.74. The van der Waals surface area contributed by atoms with Crippen LogP contribution < -0.4 is 10.1 Å². The molecule has 1 N–H and O–H groups in total. The molecule has 2 aromatic carbocycles. The molecule has 0 saturated heterocycles. The van der Waals surface area contributed by atoms with Gasteiger partial charge in [-0.15, -0.1) is 0 Å². The number of ether oxygens (including phenoxy) is 1. The molecule has 0 heterocycles. The number of anilines is 1. The molecule has 0 radical (unpaired) electrons. The zero-order valence-electron chi connectivity index (χ0n) is 13.0. The van der Waals surface area contributed by atoms with E-state index in [0.29, 0.717) is 11.0 Å². The lowest BCUT2D eigenvalue weighted by Gasteiger charge is -2.18. The number of halogens is 2. The van der Waals surface area contributed by atoms with Gasteiger partial charge in [-0.05, 0) is 31.3 Å². The van der Waals surface area contributed by atoms with Crippen LogP contribution in [-0.4, -0.2) is 31.5 Å². The van der Waals surface area contributed by atoms with Crippen molar-refractivity contribution in [2.24, 2.45) is 0 Å². The Balaban J connectivity index is 1.94. The summed E-state index contributed by atoms with van der Waals surface area (Å²) >= 11 is 3.18. The molecular weight excluding hydrogens is 363 g/mol. The van der Waals surface area contributed by atoms with Crippen molar-refractivity contribution in [2.75, 3.05) is 26.0 Å². The highest BCUT2D eigenvalue weighted by molar-refractivity contribution is 9.10. The fraction of sp³-hybridized carbons (Fsp3) is 0.235. The van der Waals surface area contributed by atoms with E-state index in [4.69, 9.17) is 4.74 Å². The third kappa shape index (κ3) is 5.04. The van der Waals surface area contributed by atoms with E-state index in [9.17, 15) is 9.18 Å². The van der Waals surface area contributed by atoms with Crippen molar-refractivity contribution in [2.45, 2.75) is 6.54 Å². The van der Waals surface area contributed by atoms with Crippen molar-refractivity contribution >= 4 is 27.5 Å². The SMILES string of the molecule is COc1ccccc1CN(C)CC(=O)Nc1ccc(Br)cc1F. The second kappa shape index (κ2) is 8.08. The van der Waals surface area contributed by atoms with Gasteiger partial charge in [0.05, 0.1) is 19.3 Å². The van der Waals surface area contributed by atoms with Crippen LogP contribution in [0.25, 0.3) is 0 Å². The maximum absolute atomic E-state index is 13.7. The van der Waals surface area contributed by atoms with E-state index in [1.807, 2.05) is 36.2 Å². The monoisotopic (exact) mass is 380 g/mol. The normalized spacial score (nSPS) is 10.7. The summed E-state index contributed by atoms with van der Waals surface area (Å²) in [6.45, 7) is 0.702. The minimum atomic E-state index is -0.472. The van der Waals surface area contributed by atoms with Gasteiger partial charge in [0, 0.05) is 16.6 Å². The van der Waals surface area contributed by atoms with Gasteiger partial charge in [0.25, 0.3) is 0 Å². The lowest BCUT2D eigenvalue weighted by Crippen LogP contribution is -2.30. The first-order chi connectivity index (χ1) is 11.0. The number of hydrogen-bond donors (Lipinski definition) is 1. The van der Waals surface area contributed by atoms with Crippen LogP contribution >= 0.6 is 15.9 Å². The Labute approximate surface area is 143 Å². The number of carbonyl (C=O) groups excluding carboxylic acids is 1. The standard InChI is InChI=1S/C17H18BrFN2O2/c1-21(10-12-5-3-4-6-16(12)23-2)11-17(22)20-15-8-7-13(18)9-14(15)19/h3-9H,10-11H2,1-2H3,(H,20,22). The van der Waals surface area contributed by atoms with Gasteiger partial charge in [-0.25, -0.2) is 4.39 Å². The number of hydrogen-bond acceptors (Lipinski definition) is 3. The van der Waals surface area contributed by atoms with Gasteiger partial charge in [0.2, 0.25) is 5.91 Å². The molecule has 0 fully saturated rings. The van der Waals surface area contributed by atoms with Crippen molar-refractivity contribution in [3.63, 3.8) is 0 Å². The summed E-state index contributed by atoms with van der Waals surface area (Å²) in [6, 6.07) is 12.2. The molecule has 2 aromatic rings. The van der Waals surface area contributed by atoms with Crippen LogP contribution in [0.5, 0.6) is 5.75 Å². The Morgan fingerprint density at radius 2 is 2.04 bits per heavy atom. The predicted molar refractivity (Wildman–Crippen MR) is 92.1 cm³/mol. The van der Waals surface area contributed by atoms with Crippen molar-refractivity contribution in [3.05, 3.63) is 58.3 Å². The minimum Gasteiger partial charge on any atom is -0.496 e. The Morgan fingerprint density at radius 3 is 2.74 bits per heavy atom. The highest BCUT2D eigenvalue weighted by Gasteiger charge is 2.12. The molecule has 2 rings (SSSR count). The molecule has 0 saturated carbocycles. The number of benzene rings is 2. The molecule has 0 aliphatic heterocycles. The maximum atomic E-state index is 13.7. The van der Waals surface area contributed by atoms with E-state index in [2.05, 4.69) is 21.2 Å². The van der Waals surface area contributed by atoms with Crippen LogP contribution in [-0.2, 0) is 11.3 Å². The van der Waals surface area contributed by atoms with E-state index in [1.54, 1.807) is 13.2 Å². The molecule has 0 atom stereocenters. The van der Waals surface area contributed by atoms with Crippen LogP contribution in [0.1, 0.15) is 5.56 Å². The van der Waals surface area contributed by atoms with Crippen molar-refractivity contribution in [3.8, 4) is 5.75 Å². The average Bonchev–Trinajstić information content (AvgIpc) is 2.50. The van der Waals surface area contributed by atoms with Gasteiger partial charge in [0.1, 0.15) is 11.6 Å². The van der Waals surface area contributed by atoms with Gasteiger partial charge in [-0.2, -0.15) is 0 Å². The Bertz CT molecular complexity index is 694. The van der Waals surface area contributed by atoms with E-state index >= 15 is 0 Å². The number of nitrogens with one attached hydrogen (secondary N) is 1. The van der Waals surface area contributed by atoms with Gasteiger partial charge >= 0.3 is 0 Å². The van der Waals surface area contributed by atoms with Crippen molar-refractivity contribution in [1.82, 2.24) is 4.90 Å². The van der Waals surface area contributed by atoms with Gasteiger partial charge < -0.3 is 10.1 Å². The van der Waals surface area contributed by atoms with Crippen LogP contribution in [0.2, 0.25) is 0 Å². The lowest BCUT2D eigenvalue weighted by atomic mass is 10.2. The number of para-hydroxylation sites is 1. The molecule has 6 heteroatoms. The summed E-state index contributed by atoms with van der Waals surface area (Å²) in [5.41, 5.74) is 1.16. The minimum absolute atomic E-state index is 0.146. The predicted octanol–water partition coefficient (Wildman–Crippen LogP) is 3.67. The van der Waals surface area contributed by atoms with Crippen LogP contribution in [0, 0.1) is 5.82 Å². The third-order valence-electron chi connectivity index (χ3n) is 3.25. The Hall–Kier alpha value is -1.92. The molecule has 0 bridgehead atoms. The Kier molecular flexibility index (Phi) is 6.12. The molecule has 0 unspecified atom stereocenters. The lowest BCUT2D eigenvalue weighted by molar-refractivity contribution is -0.117. The number of methoxy groups -OCH3 is 1. The van der Waals surface area contributed by atoms with Gasteiger partial charge in [0.15, 0.2) is 0 Å². The molecule has 0 aliphatic carbocycles. The molecule has 1 amide bonds. The summed E-state index contributed by atoms with van der Waals surface area (Å²) in [5, 5.41) is 2.58. The molecule has 0 aromatic heterocycles. The fourth-order valence-corrected chi connectivity index (χ4v) is 2.54. The molecule has 4 nitrogen and oxygen atoms in total. The first-order valence-corrected chi connectivity index (χ1v) is 7.84. The first-order valence-electron chi connectivity index (χ1n) is 7.05. The van der Waals surface area contributed by atoms with Crippen LogP contribution in [0.4, 0.5) is 10.1 Å². The smallest absolute Gasteiger partial charge is 0.238 e. The highest BCUT2D eigenvalue weighted by atomic mass is 79.9. The van der Waals surface area contributed by atoms with Crippen molar-refractivity contribution < 1.29 is 13.9 Å². The highest BCUT2D eigenvalue weighted by Crippen LogP contribution is 2.20. The van der Waals surface area contributed by atoms with Crippen molar-refractivity contribution in [1.29, 1.82) is 0 Å². The molecular formula is C17H18BrFN2O2. The second-order valence-corrected chi connectivity index (χ2v) is 6.07. The summed E-state index contributed by atoms with van der Waals surface area (Å²) in [5.74, 6) is 0.0300. The second-order valence-electron chi connectivity index (χ2n) is 5.16. The summed E-state index contributed by atoms with van der Waals surface area (Å²) in [7, 11) is 3.44. The maximum Gasteiger partial charge on any atom is 0.238 e. The number of carbonyl (C=O) groups is 1. The summed E-state index contributed by atoms with van der Waals surface area (Å²) in [6.07, 6.45) is 0. The molecule has 23 heavy (non-hydrogen) atoms. The zero-order valence-corrected chi connectivity index (χ0v) is 14.6. The quantitative estimate of drug-likeness (QED) is 0.831. The van der Waals surface area contributed by atoms with Gasteiger partial charge in [-0.1, -0.05) is 34.1 Å². The van der Waals surface area contributed by atoms with Crippen LogP contribution in [0.15, 0.2) is 46.9 Å². The topological polar surface area (TPSA) is 41.6 Å². The molecule has 122 valence electrons. The summed E-state index contributed by atoms with van der Waals surface area (Å²) in [4.78, 5) is 13.9. The number of likely N-dealkylation sites (N-methyl/N-ethyl adjacent to an activating group) is 1. The zero-order chi connectivity index (χ0) is 16.8. The van der Waals surface area contributed by atoms with E-state index in [-0.39, 0.29) is 18.1 Å². The van der Waals surface area contributed by atoms with E-state index < -0.39 is 5.82 Å². The molecule has 0 spiro atoms. The number of nitrogens with zero attached hydrogens (tertiary/aromatic N) is 1. The van der Waals surface area contributed by atoms with Gasteiger partial charge in [-0.3, -0.25) is 9.69 Å². The Morgan fingerprint density at radius 1 is 1.30 bits per heavy atom. The van der Waals surface area contributed by atoms with E-state index in [0.717, 1.165) is 11.3 Å². The number of amides is 1. The van der Waals surface area contributed by atoms with Crippen LogP contribution in [0.3, 0.4) is 0 Å². The number of rotatable bonds is 6. The fourth-order valence-electron chi connectivity index (χ4n) is 2.21. The van der Waals surface area contributed by atoms with E-state index in [1.165, 1.54) is 12.1 Å². The average molecular weight is 381 g/mol. The largest absolute Gasteiger partial charge is 0.496 e. The molecule has 0 aliphatic rings. The summed E-state index contributed by atoms with van der Waals surface area (Å²) < 4.78 is 19.6. The first kappa shape index (κ1) is 17.4.